The van der Waals surface area contributed by atoms with Crippen molar-refractivity contribution in [2.45, 2.75) is 13.5 Å². The van der Waals surface area contributed by atoms with E-state index in [9.17, 15) is 4.79 Å². The van der Waals surface area contributed by atoms with Gasteiger partial charge >= 0.3 is 0 Å². The second kappa shape index (κ2) is 8.11. The van der Waals surface area contributed by atoms with Crippen molar-refractivity contribution in [3.8, 4) is 5.75 Å². The molecule has 3 aromatic rings. The number of benzene rings is 2. The van der Waals surface area contributed by atoms with E-state index in [0.717, 1.165) is 11.3 Å². The Kier molecular flexibility index (Phi) is 5.43. The first kappa shape index (κ1) is 17.4. The third kappa shape index (κ3) is 4.36. The molecule has 2 aromatic carbocycles. The summed E-state index contributed by atoms with van der Waals surface area (Å²) in [7, 11) is 1.61. The van der Waals surface area contributed by atoms with Crippen molar-refractivity contribution in [2.75, 3.05) is 12.4 Å². The van der Waals surface area contributed by atoms with Crippen molar-refractivity contribution in [2.24, 2.45) is 0 Å². The smallest absolute Gasteiger partial charge is 0.270 e. The van der Waals surface area contributed by atoms with Crippen LogP contribution in [0, 0.1) is 6.92 Å². The molecule has 0 saturated heterocycles. The molecule has 0 aliphatic heterocycles. The van der Waals surface area contributed by atoms with Gasteiger partial charge in [-0.25, -0.2) is 9.97 Å². The standard InChI is InChI=1S/C20H20N4O2/c1-14-22-17(20(25)21-13-15-8-4-3-5-9-15)12-19(23-14)24-16-10-6-7-11-18(16)26-2/h3-12H,13H2,1-2H3,(H,21,25)(H,22,23,24). The number of nitrogens with zero attached hydrogens (tertiary/aromatic N) is 2. The van der Waals surface area contributed by atoms with Crippen molar-refractivity contribution in [1.29, 1.82) is 0 Å². The lowest BCUT2D eigenvalue weighted by atomic mass is 10.2. The van der Waals surface area contributed by atoms with Crippen molar-refractivity contribution in [3.05, 3.63) is 77.7 Å². The molecule has 0 fully saturated rings. The van der Waals surface area contributed by atoms with E-state index in [2.05, 4.69) is 20.6 Å². The fraction of sp³-hybridized carbons (Fsp3) is 0.150. The molecule has 6 heteroatoms. The number of aromatic nitrogens is 2. The van der Waals surface area contributed by atoms with E-state index in [0.29, 0.717) is 29.6 Å². The van der Waals surface area contributed by atoms with Crippen LogP contribution in [0.1, 0.15) is 21.9 Å². The summed E-state index contributed by atoms with van der Waals surface area (Å²) in [5, 5.41) is 6.05. The predicted octanol–water partition coefficient (Wildman–Crippen LogP) is 3.47. The molecule has 0 bridgehead atoms. The average Bonchev–Trinajstić information content (AvgIpc) is 2.67. The fourth-order valence-corrected chi connectivity index (χ4v) is 2.50. The summed E-state index contributed by atoms with van der Waals surface area (Å²) in [5.74, 6) is 1.49. The second-order valence-corrected chi connectivity index (χ2v) is 5.68. The Morgan fingerprint density at radius 1 is 1.04 bits per heavy atom. The first-order chi connectivity index (χ1) is 12.7. The number of amides is 1. The third-order valence-electron chi connectivity index (χ3n) is 3.74. The molecule has 0 radical (unpaired) electrons. The van der Waals surface area contributed by atoms with Gasteiger partial charge in [0.1, 0.15) is 23.1 Å². The number of para-hydroxylation sites is 2. The van der Waals surface area contributed by atoms with Gasteiger partial charge in [0, 0.05) is 12.6 Å². The monoisotopic (exact) mass is 348 g/mol. The third-order valence-corrected chi connectivity index (χ3v) is 3.74. The number of rotatable bonds is 6. The van der Waals surface area contributed by atoms with Crippen LogP contribution in [0.3, 0.4) is 0 Å². The minimum atomic E-state index is -0.248. The van der Waals surface area contributed by atoms with Crippen molar-refractivity contribution < 1.29 is 9.53 Å². The molecule has 1 heterocycles. The Morgan fingerprint density at radius 2 is 1.77 bits per heavy atom. The highest BCUT2D eigenvalue weighted by atomic mass is 16.5. The lowest BCUT2D eigenvalue weighted by molar-refractivity contribution is 0.0945. The molecule has 1 aromatic heterocycles. The minimum absolute atomic E-state index is 0.248. The largest absolute Gasteiger partial charge is 0.495 e. The first-order valence-electron chi connectivity index (χ1n) is 8.23. The number of nitrogens with one attached hydrogen (secondary N) is 2. The summed E-state index contributed by atoms with van der Waals surface area (Å²) in [6, 6.07) is 18.9. The fourth-order valence-electron chi connectivity index (χ4n) is 2.50. The SMILES string of the molecule is COc1ccccc1Nc1cc(C(=O)NCc2ccccc2)nc(C)n1. The maximum Gasteiger partial charge on any atom is 0.270 e. The number of methoxy groups -OCH3 is 1. The van der Waals surface area contributed by atoms with Gasteiger partial charge in [-0.15, -0.1) is 0 Å². The zero-order valence-corrected chi connectivity index (χ0v) is 14.7. The van der Waals surface area contributed by atoms with Crippen molar-refractivity contribution in [1.82, 2.24) is 15.3 Å². The average molecular weight is 348 g/mol. The van der Waals surface area contributed by atoms with Crippen LogP contribution in [-0.2, 0) is 6.54 Å². The van der Waals surface area contributed by atoms with E-state index >= 15 is 0 Å². The maximum absolute atomic E-state index is 12.4. The molecule has 132 valence electrons. The molecule has 0 atom stereocenters. The number of anilines is 2. The van der Waals surface area contributed by atoms with Gasteiger partial charge in [0.15, 0.2) is 0 Å². The van der Waals surface area contributed by atoms with Crippen LogP contribution in [0.2, 0.25) is 0 Å². The summed E-state index contributed by atoms with van der Waals surface area (Å²) < 4.78 is 5.33. The van der Waals surface area contributed by atoms with Gasteiger partial charge in [-0.2, -0.15) is 0 Å². The molecule has 0 saturated carbocycles. The molecule has 0 aliphatic carbocycles. The molecular weight excluding hydrogens is 328 g/mol. The summed E-state index contributed by atoms with van der Waals surface area (Å²) in [6.07, 6.45) is 0. The number of hydrogen-bond donors (Lipinski definition) is 2. The Morgan fingerprint density at radius 3 is 2.54 bits per heavy atom. The number of carbonyl (C=O) groups excluding carboxylic acids is 1. The number of carbonyl (C=O) groups is 1. The topological polar surface area (TPSA) is 76.1 Å². The summed E-state index contributed by atoms with van der Waals surface area (Å²) in [5.41, 5.74) is 2.11. The Balaban J connectivity index is 1.75. The van der Waals surface area contributed by atoms with E-state index in [4.69, 9.17) is 4.74 Å². The Labute approximate surface area is 152 Å². The van der Waals surface area contributed by atoms with Crippen LogP contribution < -0.4 is 15.4 Å². The normalized spacial score (nSPS) is 10.2. The molecule has 26 heavy (non-hydrogen) atoms. The van der Waals surface area contributed by atoms with Gasteiger partial charge in [-0.05, 0) is 24.6 Å². The zero-order valence-electron chi connectivity index (χ0n) is 14.7. The first-order valence-corrected chi connectivity index (χ1v) is 8.23. The molecule has 0 aliphatic rings. The lowest BCUT2D eigenvalue weighted by Crippen LogP contribution is -2.24. The highest BCUT2D eigenvalue weighted by Gasteiger charge is 2.11. The molecule has 0 spiro atoms. The molecule has 1 amide bonds. The van der Waals surface area contributed by atoms with Crippen molar-refractivity contribution in [3.63, 3.8) is 0 Å². The molecule has 0 unspecified atom stereocenters. The van der Waals surface area contributed by atoms with Crippen LogP contribution in [0.15, 0.2) is 60.7 Å². The van der Waals surface area contributed by atoms with Gasteiger partial charge in [-0.3, -0.25) is 4.79 Å². The zero-order chi connectivity index (χ0) is 18.4. The number of hydrogen-bond acceptors (Lipinski definition) is 5. The summed E-state index contributed by atoms with van der Waals surface area (Å²) >= 11 is 0. The number of aryl methyl sites for hydroxylation is 1. The summed E-state index contributed by atoms with van der Waals surface area (Å²) in [6.45, 7) is 2.19. The minimum Gasteiger partial charge on any atom is -0.495 e. The van der Waals surface area contributed by atoms with Crippen LogP contribution in [0.25, 0.3) is 0 Å². The molecule has 2 N–H and O–H groups in total. The van der Waals surface area contributed by atoms with Gasteiger partial charge in [-0.1, -0.05) is 42.5 Å². The molecule has 6 nitrogen and oxygen atoms in total. The number of ether oxygens (including phenoxy) is 1. The van der Waals surface area contributed by atoms with Gasteiger partial charge < -0.3 is 15.4 Å². The quantitative estimate of drug-likeness (QED) is 0.713. The van der Waals surface area contributed by atoms with Crippen LogP contribution in [0.4, 0.5) is 11.5 Å². The highest BCUT2D eigenvalue weighted by Crippen LogP contribution is 2.26. The maximum atomic E-state index is 12.4. The van der Waals surface area contributed by atoms with Crippen LogP contribution in [-0.4, -0.2) is 23.0 Å². The van der Waals surface area contributed by atoms with Gasteiger partial charge in [0.2, 0.25) is 0 Å². The van der Waals surface area contributed by atoms with Crippen LogP contribution in [0.5, 0.6) is 5.75 Å². The Hall–Kier alpha value is -3.41. The second-order valence-electron chi connectivity index (χ2n) is 5.68. The Bertz CT molecular complexity index is 897. The van der Waals surface area contributed by atoms with Crippen molar-refractivity contribution >= 4 is 17.4 Å². The van der Waals surface area contributed by atoms with Gasteiger partial charge in [0.25, 0.3) is 5.91 Å². The van der Waals surface area contributed by atoms with E-state index in [1.165, 1.54) is 0 Å². The highest BCUT2D eigenvalue weighted by molar-refractivity contribution is 5.93. The van der Waals surface area contributed by atoms with Crippen LogP contribution >= 0.6 is 0 Å². The van der Waals surface area contributed by atoms with E-state index in [-0.39, 0.29) is 5.91 Å². The van der Waals surface area contributed by atoms with E-state index in [1.54, 1.807) is 20.1 Å². The lowest BCUT2D eigenvalue weighted by Gasteiger charge is -2.12. The molecular formula is C20H20N4O2. The van der Waals surface area contributed by atoms with E-state index in [1.807, 2.05) is 54.6 Å². The predicted molar refractivity (Wildman–Crippen MR) is 101 cm³/mol. The molecule has 3 rings (SSSR count). The van der Waals surface area contributed by atoms with Gasteiger partial charge in [0.05, 0.1) is 12.8 Å². The van der Waals surface area contributed by atoms with E-state index < -0.39 is 0 Å². The summed E-state index contributed by atoms with van der Waals surface area (Å²) in [4.78, 5) is 21.0.